The van der Waals surface area contributed by atoms with Gasteiger partial charge in [0.2, 0.25) is 23.0 Å². The maximum Gasteiger partial charge on any atom is 0.220 e. The van der Waals surface area contributed by atoms with Crippen LogP contribution in [0, 0.1) is 5.92 Å². The van der Waals surface area contributed by atoms with Gasteiger partial charge in [-0.15, -0.1) is 0 Å². The van der Waals surface area contributed by atoms with Gasteiger partial charge < -0.3 is 30.2 Å². The Morgan fingerprint density at radius 3 is 2.42 bits per heavy atom. The number of amides is 2. The van der Waals surface area contributed by atoms with Crippen LogP contribution in [0.2, 0.25) is 0 Å². The van der Waals surface area contributed by atoms with Crippen LogP contribution in [0.25, 0.3) is 11.1 Å². The molecule has 0 saturated heterocycles. The molecule has 9 nitrogen and oxygen atoms in total. The number of nitrogens with one attached hydrogen (secondary N) is 3. The molecule has 2 aromatic carbocycles. The fraction of sp³-hybridized carbons (Fsp3) is 0.483. The van der Waals surface area contributed by atoms with Gasteiger partial charge in [-0.25, -0.2) is 0 Å². The molecular weight excluding hydrogens is 486 g/mol. The molecule has 2 aliphatic rings. The number of aryl methyl sites for hydroxylation is 1. The van der Waals surface area contributed by atoms with E-state index < -0.39 is 0 Å². The molecule has 38 heavy (non-hydrogen) atoms. The molecule has 0 bridgehead atoms. The van der Waals surface area contributed by atoms with Crippen molar-refractivity contribution in [3.8, 4) is 28.4 Å². The summed E-state index contributed by atoms with van der Waals surface area (Å²) < 4.78 is 17.0. The molecule has 0 heterocycles. The lowest BCUT2D eigenvalue weighted by atomic mass is 9.95. The van der Waals surface area contributed by atoms with Gasteiger partial charge in [0.1, 0.15) is 0 Å². The molecule has 0 unspecified atom stereocenters. The van der Waals surface area contributed by atoms with E-state index in [-0.39, 0.29) is 23.3 Å². The third-order valence-corrected chi connectivity index (χ3v) is 7.10. The second-order valence-corrected chi connectivity index (χ2v) is 9.87. The SMILES string of the molecule is COc1cc2c(c(OC)c1OC)-c1ccc(NCCCC(=O)NCC3CC3)c(=O)cc1[C@@H](NC(C)=O)CC2. The number of hydrogen-bond acceptors (Lipinski definition) is 7. The number of carbonyl (C=O) groups is 2. The van der Waals surface area contributed by atoms with Gasteiger partial charge in [-0.2, -0.15) is 0 Å². The predicted molar refractivity (Wildman–Crippen MR) is 146 cm³/mol. The zero-order valence-corrected chi connectivity index (χ0v) is 22.6. The number of hydrogen-bond donors (Lipinski definition) is 3. The largest absolute Gasteiger partial charge is 0.493 e. The van der Waals surface area contributed by atoms with Gasteiger partial charge in [-0.1, -0.05) is 6.07 Å². The standard InChI is InChI=1S/C29H37N3O6/c1-17(33)32-22-11-9-19-14-25(36-2)28(37-3)29(38-4)27(19)20-10-12-23(24(34)15-21(20)22)30-13-5-6-26(35)31-16-18-7-8-18/h10,12,14-15,18,22H,5-9,11,13,16H2,1-4H3,(H,30,34)(H,31,35)(H,32,33)/t22-/m0/s1. The Morgan fingerprint density at radius 1 is 1.00 bits per heavy atom. The van der Waals surface area contributed by atoms with Crippen molar-refractivity contribution < 1.29 is 23.8 Å². The topological polar surface area (TPSA) is 115 Å². The molecule has 1 saturated carbocycles. The van der Waals surface area contributed by atoms with Crippen molar-refractivity contribution >= 4 is 17.5 Å². The molecule has 0 aromatic heterocycles. The fourth-order valence-electron chi connectivity index (χ4n) is 4.99. The Balaban J connectivity index is 1.67. The fourth-order valence-corrected chi connectivity index (χ4v) is 4.99. The maximum absolute atomic E-state index is 13.3. The summed E-state index contributed by atoms with van der Waals surface area (Å²) in [6, 6.07) is 6.79. The van der Waals surface area contributed by atoms with Crippen molar-refractivity contribution in [1.29, 1.82) is 0 Å². The number of anilines is 1. The summed E-state index contributed by atoms with van der Waals surface area (Å²) in [6.45, 7) is 2.72. The first-order chi connectivity index (χ1) is 18.4. The average molecular weight is 524 g/mol. The highest BCUT2D eigenvalue weighted by atomic mass is 16.5. The van der Waals surface area contributed by atoms with E-state index in [0.29, 0.717) is 66.6 Å². The van der Waals surface area contributed by atoms with Gasteiger partial charge in [0.05, 0.1) is 33.1 Å². The van der Waals surface area contributed by atoms with E-state index >= 15 is 0 Å². The van der Waals surface area contributed by atoms with Crippen LogP contribution in [0.1, 0.15) is 56.2 Å². The maximum atomic E-state index is 13.3. The zero-order chi connectivity index (χ0) is 27.2. The van der Waals surface area contributed by atoms with Crippen molar-refractivity contribution in [3.05, 3.63) is 45.6 Å². The Bertz CT molecular complexity index is 1260. The summed E-state index contributed by atoms with van der Waals surface area (Å²) in [5, 5.41) is 9.18. The number of fused-ring (bicyclic) bond motifs is 3. The third kappa shape index (κ3) is 6.20. The summed E-state index contributed by atoms with van der Waals surface area (Å²) in [6.07, 6.45) is 4.64. The second-order valence-electron chi connectivity index (χ2n) is 9.87. The minimum absolute atomic E-state index is 0.0394. The molecule has 0 radical (unpaired) electrons. The van der Waals surface area contributed by atoms with Gasteiger partial charge in [-0.3, -0.25) is 14.4 Å². The Labute approximate surface area is 223 Å². The van der Waals surface area contributed by atoms with Crippen LogP contribution in [0.4, 0.5) is 5.69 Å². The van der Waals surface area contributed by atoms with Gasteiger partial charge in [0, 0.05) is 32.0 Å². The molecule has 0 aliphatic heterocycles. The minimum atomic E-state index is -0.361. The van der Waals surface area contributed by atoms with Gasteiger partial charge >= 0.3 is 0 Å². The first-order valence-corrected chi connectivity index (χ1v) is 13.1. The zero-order valence-electron chi connectivity index (χ0n) is 22.6. The monoisotopic (exact) mass is 523 g/mol. The summed E-state index contributed by atoms with van der Waals surface area (Å²) in [5.74, 6) is 2.03. The van der Waals surface area contributed by atoms with Crippen LogP contribution in [0.3, 0.4) is 0 Å². The molecule has 2 amide bonds. The van der Waals surface area contributed by atoms with E-state index in [1.54, 1.807) is 33.5 Å². The lowest BCUT2D eigenvalue weighted by molar-refractivity contribution is -0.121. The molecule has 3 N–H and O–H groups in total. The Morgan fingerprint density at radius 2 is 1.76 bits per heavy atom. The van der Waals surface area contributed by atoms with Crippen molar-refractivity contribution in [2.75, 3.05) is 39.7 Å². The third-order valence-electron chi connectivity index (χ3n) is 7.10. The van der Waals surface area contributed by atoms with E-state index in [1.807, 2.05) is 12.1 Å². The molecular formula is C29H37N3O6. The summed E-state index contributed by atoms with van der Waals surface area (Å²) in [4.78, 5) is 37.4. The van der Waals surface area contributed by atoms with Crippen molar-refractivity contribution in [2.45, 2.75) is 51.5 Å². The predicted octanol–water partition coefficient (Wildman–Crippen LogP) is 3.58. The average Bonchev–Trinajstić information content (AvgIpc) is 3.75. The Kier molecular flexibility index (Phi) is 8.76. The van der Waals surface area contributed by atoms with E-state index in [4.69, 9.17) is 14.2 Å². The van der Waals surface area contributed by atoms with Crippen molar-refractivity contribution in [1.82, 2.24) is 10.6 Å². The summed E-state index contributed by atoms with van der Waals surface area (Å²) in [7, 11) is 4.70. The molecule has 0 spiro atoms. The second kappa shape index (κ2) is 12.2. The number of methoxy groups -OCH3 is 3. The Hall–Kier alpha value is -3.75. The quantitative estimate of drug-likeness (QED) is 0.386. The van der Waals surface area contributed by atoms with Crippen LogP contribution in [0.5, 0.6) is 17.2 Å². The number of carbonyl (C=O) groups excluding carboxylic acids is 2. The van der Waals surface area contributed by atoms with Gasteiger partial charge in [-0.05, 0) is 72.9 Å². The smallest absolute Gasteiger partial charge is 0.220 e. The summed E-state index contributed by atoms with van der Waals surface area (Å²) in [5.41, 5.74) is 3.50. The highest BCUT2D eigenvalue weighted by Gasteiger charge is 2.29. The van der Waals surface area contributed by atoms with Crippen molar-refractivity contribution in [3.63, 3.8) is 0 Å². The van der Waals surface area contributed by atoms with E-state index in [2.05, 4.69) is 16.0 Å². The molecule has 4 rings (SSSR count). The van der Waals surface area contributed by atoms with E-state index in [9.17, 15) is 14.4 Å². The first kappa shape index (κ1) is 27.3. The highest BCUT2D eigenvalue weighted by molar-refractivity contribution is 5.83. The molecule has 204 valence electrons. The van der Waals surface area contributed by atoms with Crippen molar-refractivity contribution in [2.24, 2.45) is 5.92 Å². The van der Waals surface area contributed by atoms with E-state index in [1.165, 1.54) is 19.8 Å². The molecule has 1 fully saturated rings. The summed E-state index contributed by atoms with van der Waals surface area (Å²) >= 11 is 0. The lowest BCUT2D eigenvalue weighted by Crippen LogP contribution is -2.26. The van der Waals surface area contributed by atoms with Crippen LogP contribution in [0.15, 0.2) is 29.1 Å². The number of benzene rings is 1. The minimum Gasteiger partial charge on any atom is -0.493 e. The molecule has 2 aromatic rings. The van der Waals surface area contributed by atoms with Gasteiger partial charge in [0.25, 0.3) is 0 Å². The van der Waals surface area contributed by atoms with Gasteiger partial charge in [0.15, 0.2) is 11.5 Å². The molecule has 9 heteroatoms. The molecule has 2 aliphatic carbocycles. The molecule has 1 atom stereocenters. The first-order valence-electron chi connectivity index (χ1n) is 13.1. The van der Waals surface area contributed by atoms with Crippen LogP contribution >= 0.6 is 0 Å². The van der Waals surface area contributed by atoms with Crippen LogP contribution in [-0.4, -0.2) is 46.2 Å². The number of ether oxygens (including phenoxy) is 3. The highest BCUT2D eigenvalue weighted by Crippen LogP contribution is 2.50. The van der Waals surface area contributed by atoms with E-state index in [0.717, 1.165) is 23.2 Å². The number of rotatable bonds is 11. The van der Waals surface area contributed by atoms with Crippen LogP contribution < -0.4 is 35.6 Å². The lowest BCUT2D eigenvalue weighted by Gasteiger charge is -2.19. The normalized spacial score (nSPS) is 15.8. The van der Waals surface area contributed by atoms with Crippen LogP contribution in [-0.2, 0) is 16.0 Å².